The first-order valence-corrected chi connectivity index (χ1v) is 61.6. The highest BCUT2D eigenvalue weighted by atomic mass is 16.6. The number of hydrogen-bond acceptors (Lipinski definition) is 16. The van der Waals surface area contributed by atoms with Crippen molar-refractivity contribution in [2.24, 2.45) is 260 Å². The van der Waals surface area contributed by atoms with Gasteiger partial charge >= 0.3 is 47.8 Å². The lowest BCUT2D eigenvalue weighted by atomic mass is 9.70. The van der Waals surface area contributed by atoms with Crippen molar-refractivity contribution in [3.05, 3.63) is 0 Å². The molecule has 808 valence electrons. The molecule has 0 aromatic heterocycles. The molecular weight excluding hydrogens is 1770 g/mol. The summed E-state index contributed by atoms with van der Waals surface area (Å²) >= 11 is 0. The van der Waals surface area contributed by atoms with E-state index in [0.29, 0.717) is 97.4 Å². The van der Waals surface area contributed by atoms with Crippen molar-refractivity contribution in [2.45, 2.75) is 458 Å². The largest absolute Gasteiger partial charge is 0.465 e. The van der Waals surface area contributed by atoms with E-state index in [2.05, 4.69) is 132 Å². The second-order valence-corrected chi connectivity index (χ2v) is 53.8. The Kier molecular flexibility index (Phi) is 37.6. The van der Waals surface area contributed by atoms with Crippen LogP contribution in [-0.4, -0.2) is 96.6 Å². The van der Waals surface area contributed by atoms with Crippen molar-refractivity contribution in [2.75, 3.05) is 26.4 Å². The quantitative estimate of drug-likeness (QED) is 0.0614. The number of carbonyl (C=O) groups is 8. The van der Waals surface area contributed by atoms with Crippen molar-refractivity contribution >= 4 is 47.8 Å². The fourth-order valence-corrected chi connectivity index (χ4v) is 39.3. The molecule has 22 fully saturated rings. The lowest BCUT2D eigenvalue weighted by Gasteiger charge is -2.37. The van der Waals surface area contributed by atoms with Crippen LogP contribution in [0.3, 0.4) is 0 Å². The molecule has 0 aromatic carbocycles. The molecule has 0 amide bonds. The molecule has 4 aliphatic heterocycles. The molecule has 0 aromatic rings. The van der Waals surface area contributed by atoms with Gasteiger partial charge in [0.25, 0.3) is 0 Å². The van der Waals surface area contributed by atoms with Gasteiger partial charge in [-0.1, -0.05) is 227 Å². The van der Waals surface area contributed by atoms with Crippen LogP contribution in [0.25, 0.3) is 0 Å². The summed E-state index contributed by atoms with van der Waals surface area (Å²) in [5.41, 5.74) is -0.900. The van der Waals surface area contributed by atoms with Gasteiger partial charge in [0.2, 0.25) is 0 Å². The molecule has 4 heterocycles. The van der Waals surface area contributed by atoms with E-state index in [-0.39, 0.29) is 118 Å². The second kappa shape index (κ2) is 47.7. The Hall–Kier alpha value is -4.24. The van der Waals surface area contributed by atoms with E-state index < -0.39 is 0 Å². The molecular formula is C126H208O16. The molecule has 18 aliphatic carbocycles. The SMILES string of the molecule is CCC1CC(CC)C2C(=O)OCC12.CCC1CC(CC)C2C(=O)OCC12.CCC1CC(CC)C2C(=O)OCC12.CCC1CC(CC)C2C(=O)OCC12.CCC1CC(CC)C2C3CC(CC3C(=O)OC(C)(C)C)C12.CCC1CC(CC)C2C3CC(CC3C(=O)OC(C)(C)CC)C12.CCC1CC(CC)C2C3CC(CC3C(=O)OC3(C)CCCC3)C12.CCC1CC(CC)C2C3CC(CC3C(=O)OC3(CC)CCCC3)C12. The Morgan fingerprint density at radius 1 is 0.268 bits per heavy atom. The van der Waals surface area contributed by atoms with Crippen LogP contribution in [0, 0.1) is 260 Å². The lowest BCUT2D eigenvalue weighted by molar-refractivity contribution is -0.169. The first-order chi connectivity index (χ1) is 68.0. The summed E-state index contributed by atoms with van der Waals surface area (Å²) in [6, 6.07) is 0. The van der Waals surface area contributed by atoms with Crippen LogP contribution < -0.4 is 0 Å². The maximum atomic E-state index is 13.1. The third kappa shape index (κ3) is 22.4. The molecule has 142 heavy (non-hydrogen) atoms. The van der Waals surface area contributed by atoms with Crippen LogP contribution >= 0.6 is 0 Å². The van der Waals surface area contributed by atoms with Gasteiger partial charge in [-0.2, -0.15) is 0 Å². The Morgan fingerprint density at radius 3 is 0.732 bits per heavy atom. The van der Waals surface area contributed by atoms with Gasteiger partial charge in [-0.25, -0.2) is 0 Å². The molecule has 0 radical (unpaired) electrons. The maximum absolute atomic E-state index is 13.1. The second-order valence-electron chi connectivity index (χ2n) is 53.8. The van der Waals surface area contributed by atoms with Gasteiger partial charge in [-0.05, 0) is 398 Å². The monoisotopic (exact) mass is 1980 g/mol. The van der Waals surface area contributed by atoms with Gasteiger partial charge < -0.3 is 37.9 Å². The third-order valence-electron chi connectivity index (χ3n) is 46.5. The molecule has 16 heteroatoms. The van der Waals surface area contributed by atoms with Crippen molar-refractivity contribution in [3.8, 4) is 0 Å². The Labute approximate surface area is 863 Å². The molecule has 4 saturated heterocycles. The minimum Gasteiger partial charge on any atom is -0.465 e. The number of rotatable bonds is 25. The summed E-state index contributed by atoms with van der Waals surface area (Å²) < 4.78 is 44.4. The van der Waals surface area contributed by atoms with Crippen LogP contribution in [-0.2, 0) is 76.3 Å². The summed E-state index contributed by atoms with van der Waals surface area (Å²) in [5.74, 6) is 30.2. The van der Waals surface area contributed by atoms with E-state index in [0.717, 1.165) is 232 Å². The maximum Gasteiger partial charge on any atom is 0.309 e. The van der Waals surface area contributed by atoms with Gasteiger partial charge in [0.05, 0.1) is 73.8 Å². The van der Waals surface area contributed by atoms with E-state index in [9.17, 15) is 38.4 Å². The summed E-state index contributed by atoms with van der Waals surface area (Å²) in [5, 5.41) is 0. The van der Waals surface area contributed by atoms with Crippen LogP contribution in [0.2, 0.25) is 0 Å². The van der Waals surface area contributed by atoms with E-state index in [1.807, 2.05) is 34.6 Å². The fraction of sp³-hybridized carbons (Fsp3) is 0.937. The van der Waals surface area contributed by atoms with E-state index >= 15 is 0 Å². The minimum atomic E-state index is -0.343. The number of ether oxygens (including phenoxy) is 8. The van der Waals surface area contributed by atoms with E-state index in [1.54, 1.807) is 0 Å². The summed E-state index contributed by atoms with van der Waals surface area (Å²) in [6.45, 7) is 55.8. The molecule has 8 bridgehead atoms. The molecule has 44 atom stereocenters. The Balaban J connectivity index is 0.000000124. The predicted octanol–water partition coefficient (Wildman–Crippen LogP) is 29.5. The summed E-state index contributed by atoms with van der Waals surface area (Å²) in [6.07, 6.45) is 51.4. The average Bonchev–Trinajstić information content (AvgIpc) is 1.57. The van der Waals surface area contributed by atoms with E-state index in [4.69, 9.17) is 37.9 Å². The molecule has 16 nitrogen and oxygen atoms in total. The average molecular weight is 1980 g/mol. The Morgan fingerprint density at radius 2 is 0.493 bits per heavy atom. The van der Waals surface area contributed by atoms with Crippen LogP contribution in [0.5, 0.6) is 0 Å². The third-order valence-corrected chi connectivity index (χ3v) is 46.5. The Bertz CT molecular complexity index is 3960. The smallest absolute Gasteiger partial charge is 0.309 e. The first-order valence-electron chi connectivity index (χ1n) is 61.6. The normalized spacial score (nSPS) is 44.6. The highest BCUT2D eigenvalue weighted by molar-refractivity contribution is 5.79. The fourth-order valence-electron chi connectivity index (χ4n) is 39.3. The number of esters is 8. The van der Waals surface area contributed by atoms with Crippen LogP contribution in [0.1, 0.15) is 436 Å². The van der Waals surface area contributed by atoms with Crippen molar-refractivity contribution in [3.63, 3.8) is 0 Å². The number of hydrogen-bond donors (Lipinski definition) is 0. The van der Waals surface area contributed by atoms with Gasteiger partial charge in [0.1, 0.15) is 22.4 Å². The molecule has 18 saturated carbocycles. The minimum absolute atomic E-state index is 0.0767. The number of carbonyl (C=O) groups excluding carboxylic acids is 8. The highest BCUT2D eigenvalue weighted by Crippen LogP contribution is 2.71. The zero-order chi connectivity index (χ0) is 102. The van der Waals surface area contributed by atoms with Crippen LogP contribution in [0.4, 0.5) is 0 Å². The summed E-state index contributed by atoms with van der Waals surface area (Å²) in [4.78, 5) is 97.1. The molecule has 0 N–H and O–H groups in total. The van der Waals surface area contributed by atoms with Crippen molar-refractivity contribution in [1.82, 2.24) is 0 Å². The van der Waals surface area contributed by atoms with Crippen molar-refractivity contribution in [1.29, 1.82) is 0 Å². The van der Waals surface area contributed by atoms with Gasteiger partial charge in [-0.3, -0.25) is 38.4 Å². The topological polar surface area (TPSA) is 210 Å². The zero-order valence-corrected chi connectivity index (χ0v) is 94.5. The van der Waals surface area contributed by atoms with Gasteiger partial charge in [0.15, 0.2) is 0 Å². The lowest BCUT2D eigenvalue weighted by Crippen LogP contribution is -2.39. The van der Waals surface area contributed by atoms with Crippen molar-refractivity contribution < 1.29 is 76.3 Å². The standard InChI is InChI=1S/C22H36O2.C21H34O2.C20H34O2.C19H32O2.4C11H18O2/c1-4-14-11-15(5-2)20-17-12-16(19(14)20)13-18(17)21(23)24-22(6-3)9-7-8-10-22;1-4-13-10-14(5-2)19-16-11-15(18(13)19)12-17(16)20(22)23-21(3)8-6-7-9-21;1-6-12-9-13(7-2)18-15-10-14(17(12)18)11-16(15)19(21)22-20(4,5)8-3;1-6-11-8-12(7-2)17-14-9-13(16(11)17)10-15(14)18(20)21-19(3,4)5;4*1-3-7-5-8(4-2)10-9(7)6-13-11(10)12/h14-20H,4-13H2,1-3H3;13-19H,4-12H2,1-3H3;12-18H,6-11H2,1-5H3;11-17H,6-10H2,1-5H3;4*7-10H,3-6H2,1-2H3. The van der Waals surface area contributed by atoms with Gasteiger partial charge in [0, 0.05) is 23.7 Å². The molecule has 22 rings (SSSR count). The van der Waals surface area contributed by atoms with Gasteiger partial charge in [-0.15, -0.1) is 0 Å². The zero-order valence-electron chi connectivity index (χ0n) is 94.5. The van der Waals surface area contributed by atoms with Crippen LogP contribution in [0.15, 0.2) is 0 Å². The predicted molar refractivity (Wildman–Crippen MR) is 563 cm³/mol. The molecule has 44 unspecified atom stereocenters. The molecule has 22 aliphatic rings. The molecule has 0 spiro atoms. The number of fused-ring (bicyclic) bond motifs is 24. The number of cyclic esters (lactones) is 4. The first kappa shape index (κ1) is 112. The summed E-state index contributed by atoms with van der Waals surface area (Å²) in [7, 11) is 0. The van der Waals surface area contributed by atoms with E-state index in [1.165, 1.54) is 180 Å². The highest BCUT2D eigenvalue weighted by Gasteiger charge is 2.67.